The molecule has 1 aromatic heterocycles. The van der Waals surface area contributed by atoms with Gasteiger partial charge in [0, 0.05) is 30.5 Å². The Hall–Kier alpha value is -2.69. The number of carbonyl (C=O) groups is 2. The van der Waals surface area contributed by atoms with Gasteiger partial charge in [0.2, 0.25) is 0 Å². The van der Waals surface area contributed by atoms with Crippen LogP contribution in [0.5, 0.6) is 0 Å². The van der Waals surface area contributed by atoms with Gasteiger partial charge in [-0.3, -0.25) is 14.6 Å². The van der Waals surface area contributed by atoms with E-state index in [9.17, 15) is 9.59 Å². The number of amides is 2. The van der Waals surface area contributed by atoms with Crippen LogP contribution in [0.3, 0.4) is 0 Å². The van der Waals surface area contributed by atoms with Crippen molar-refractivity contribution in [2.75, 3.05) is 11.9 Å². The fourth-order valence-electron chi connectivity index (χ4n) is 1.84. The van der Waals surface area contributed by atoms with Gasteiger partial charge in [-0.25, -0.2) is 0 Å². The van der Waals surface area contributed by atoms with Crippen LogP contribution in [0.4, 0.5) is 5.69 Å². The van der Waals surface area contributed by atoms with Crippen LogP contribution in [0, 0.1) is 6.92 Å². The molecule has 0 aliphatic heterocycles. The highest BCUT2D eigenvalue weighted by atomic mass is 16.2. The number of aryl methyl sites for hydroxylation is 1. The summed E-state index contributed by atoms with van der Waals surface area (Å²) in [7, 11) is 0. The Kier molecular flexibility index (Phi) is 5.04. The predicted molar refractivity (Wildman–Crippen MR) is 80.8 cm³/mol. The molecule has 0 atom stereocenters. The van der Waals surface area contributed by atoms with Gasteiger partial charge in [0.25, 0.3) is 0 Å². The first kappa shape index (κ1) is 14.7. The van der Waals surface area contributed by atoms with Crippen molar-refractivity contribution in [3.8, 4) is 0 Å². The summed E-state index contributed by atoms with van der Waals surface area (Å²) >= 11 is 0. The number of hydrogen-bond acceptors (Lipinski definition) is 3. The first-order valence-electron chi connectivity index (χ1n) is 6.71. The number of rotatable bonds is 4. The highest BCUT2D eigenvalue weighted by Crippen LogP contribution is 2.09. The molecule has 5 heteroatoms. The number of nitrogens with one attached hydrogen (secondary N) is 2. The van der Waals surface area contributed by atoms with Crippen LogP contribution in [0.25, 0.3) is 0 Å². The highest BCUT2D eigenvalue weighted by molar-refractivity contribution is 6.39. The van der Waals surface area contributed by atoms with E-state index in [1.54, 1.807) is 18.3 Å². The molecule has 0 aliphatic carbocycles. The Balaban J connectivity index is 1.79. The van der Waals surface area contributed by atoms with E-state index in [0.29, 0.717) is 18.7 Å². The summed E-state index contributed by atoms with van der Waals surface area (Å²) in [5.74, 6) is -1.31. The molecule has 0 radical (unpaired) electrons. The third kappa shape index (κ3) is 4.72. The topological polar surface area (TPSA) is 71.1 Å². The van der Waals surface area contributed by atoms with E-state index in [4.69, 9.17) is 0 Å². The van der Waals surface area contributed by atoms with Crippen molar-refractivity contribution in [2.24, 2.45) is 0 Å². The number of nitrogens with zero attached hydrogens (tertiary/aromatic N) is 1. The molecule has 2 rings (SSSR count). The number of anilines is 1. The van der Waals surface area contributed by atoms with Crippen molar-refractivity contribution in [3.05, 3.63) is 59.9 Å². The molecule has 2 aromatic rings. The lowest BCUT2D eigenvalue weighted by Gasteiger charge is -2.07. The van der Waals surface area contributed by atoms with Gasteiger partial charge in [-0.05, 0) is 36.8 Å². The predicted octanol–water partition coefficient (Wildman–Crippen LogP) is 1.69. The molecular formula is C16H17N3O2. The molecule has 2 amide bonds. The van der Waals surface area contributed by atoms with Gasteiger partial charge in [-0.1, -0.05) is 18.2 Å². The lowest BCUT2D eigenvalue weighted by molar-refractivity contribution is -0.136. The molecule has 0 spiro atoms. The molecule has 0 saturated heterocycles. The fraction of sp³-hybridized carbons (Fsp3) is 0.188. The zero-order chi connectivity index (χ0) is 15.1. The van der Waals surface area contributed by atoms with Crippen molar-refractivity contribution in [1.29, 1.82) is 0 Å². The summed E-state index contributed by atoms with van der Waals surface area (Å²) < 4.78 is 0. The second kappa shape index (κ2) is 7.19. The Bertz CT molecular complexity index is 626. The highest BCUT2D eigenvalue weighted by Gasteiger charge is 2.12. The zero-order valence-electron chi connectivity index (χ0n) is 11.8. The summed E-state index contributed by atoms with van der Waals surface area (Å²) in [5, 5.41) is 5.14. The van der Waals surface area contributed by atoms with E-state index in [1.165, 1.54) is 0 Å². The number of pyridine rings is 1. The molecular weight excluding hydrogens is 266 g/mol. The number of hydrogen-bond donors (Lipinski definition) is 2. The van der Waals surface area contributed by atoms with Crippen LogP contribution in [0.2, 0.25) is 0 Å². The minimum absolute atomic E-state index is 0.372. The number of carbonyl (C=O) groups excluding carboxylic acids is 2. The summed E-state index contributed by atoms with van der Waals surface area (Å²) in [6.45, 7) is 2.29. The van der Waals surface area contributed by atoms with Gasteiger partial charge in [0.05, 0.1) is 0 Å². The molecule has 0 unspecified atom stereocenters. The van der Waals surface area contributed by atoms with Gasteiger partial charge in [-0.2, -0.15) is 0 Å². The van der Waals surface area contributed by atoms with E-state index in [2.05, 4.69) is 15.6 Å². The van der Waals surface area contributed by atoms with Crippen LogP contribution >= 0.6 is 0 Å². The molecule has 0 saturated carbocycles. The van der Waals surface area contributed by atoms with Gasteiger partial charge < -0.3 is 10.6 Å². The maximum absolute atomic E-state index is 11.7. The lowest BCUT2D eigenvalue weighted by atomic mass is 10.2. The first-order chi connectivity index (χ1) is 10.1. The van der Waals surface area contributed by atoms with Crippen LogP contribution in [-0.2, 0) is 16.0 Å². The molecule has 2 N–H and O–H groups in total. The minimum Gasteiger partial charge on any atom is -0.347 e. The largest absolute Gasteiger partial charge is 0.347 e. The third-order valence-electron chi connectivity index (χ3n) is 2.88. The summed E-state index contributed by atoms with van der Waals surface area (Å²) in [4.78, 5) is 27.6. The van der Waals surface area contributed by atoms with E-state index in [0.717, 1.165) is 11.3 Å². The second-order valence-electron chi connectivity index (χ2n) is 4.65. The first-order valence-corrected chi connectivity index (χ1v) is 6.71. The lowest BCUT2D eigenvalue weighted by Crippen LogP contribution is -2.36. The second-order valence-corrected chi connectivity index (χ2v) is 4.65. The maximum Gasteiger partial charge on any atom is 0.313 e. The van der Waals surface area contributed by atoms with Crippen LogP contribution < -0.4 is 10.6 Å². The summed E-state index contributed by atoms with van der Waals surface area (Å²) in [6.07, 6.45) is 2.28. The molecule has 21 heavy (non-hydrogen) atoms. The van der Waals surface area contributed by atoms with Crippen LogP contribution in [-0.4, -0.2) is 23.3 Å². The molecule has 5 nitrogen and oxygen atoms in total. The van der Waals surface area contributed by atoms with E-state index < -0.39 is 11.8 Å². The average molecular weight is 283 g/mol. The van der Waals surface area contributed by atoms with Gasteiger partial charge in [0.1, 0.15) is 0 Å². The Labute approximate surface area is 123 Å². The molecule has 0 fully saturated rings. The van der Waals surface area contributed by atoms with Crippen LogP contribution in [0.15, 0.2) is 48.7 Å². The zero-order valence-corrected chi connectivity index (χ0v) is 11.8. The van der Waals surface area contributed by atoms with Crippen molar-refractivity contribution < 1.29 is 9.59 Å². The third-order valence-corrected chi connectivity index (χ3v) is 2.88. The maximum atomic E-state index is 11.7. The molecule has 0 bridgehead atoms. The standard InChI is InChI=1S/C16H17N3O2/c1-12-5-4-7-14(11-12)19-16(21)15(20)18-10-8-13-6-2-3-9-17-13/h2-7,9,11H,8,10H2,1H3,(H,18,20)(H,19,21). The van der Waals surface area contributed by atoms with E-state index in [-0.39, 0.29) is 0 Å². The molecule has 1 heterocycles. The van der Waals surface area contributed by atoms with Crippen LogP contribution in [0.1, 0.15) is 11.3 Å². The fourth-order valence-corrected chi connectivity index (χ4v) is 1.84. The smallest absolute Gasteiger partial charge is 0.313 e. The van der Waals surface area contributed by atoms with Crippen molar-refractivity contribution in [2.45, 2.75) is 13.3 Å². The molecule has 0 aliphatic rings. The summed E-state index contributed by atoms with van der Waals surface area (Å²) in [5.41, 5.74) is 2.50. The van der Waals surface area contributed by atoms with Crippen molar-refractivity contribution in [1.82, 2.24) is 10.3 Å². The number of benzene rings is 1. The Morgan fingerprint density at radius 2 is 1.95 bits per heavy atom. The summed E-state index contributed by atoms with van der Waals surface area (Å²) in [6, 6.07) is 12.9. The normalized spacial score (nSPS) is 9.95. The Morgan fingerprint density at radius 1 is 1.10 bits per heavy atom. The quantitative estimate of drug-likeness (QED) is 0.839. The van der Waals surface area contributed by atoms with Gasteiger partial charge in [0.15, 0.2) is 0 Å². The monoisotopic (exact) mass is 283 g/mol. The molecule has 108 valence electrons. The van der Waals surface area contributed by atoms with Gasteiger partial charge >= 0.3 is 11.8 Å². The minimum atomic E-state index is -0.665. The van der Waals surface area contributed by atoms with Crippen molar-refractivity contribution in [3.63, 3.8) is 0 Å². The number of aromatic nitrogens is 1. The average Bonchev–Trinajstić information content (AvgIpc) is 2.48. The van der Waals surface area contributed by atoms with Crippen molar-refractivity contribution >= 4 is 17.5 Å². The SMILES string of the molecule is Cc1cccc(NC(=O)C(=O)NCCc2ccccn2)c1. The van der Waals surface area contributed by atoms with Gasteiger partial charge in [-0.15, -0.1) is 0 Å². The Morgan fingerprint density at radius 3 is 2.67 bits per heavy atom. The molecule has 1 aromatic carbocycles. The van der Waals surface area contributed by atoms with E-state index in [1.807, 2.05) is 37.3 Å². The van der Waals surface area contributed by atoms with E-state index >= 15 is 0 Å².